The molecule has 1 aliphatic carbocycles. The fourth-order valence-corrected chi connectivity index (χ4v) is 3.95. The van der Waals surface area contributed by atoms with Gasteiger partial charge in [0, 0.05) is 0 Å². The Morgan fingerprint density at radius 1 is 1.24 bits per heavy atom. The van der Waals surface area contributed by atoms with Crippen LogP contribution in [0, 0.1) is 11.3 Å². The summed E-state index contributed by atoms with van der Waals surface area (Å²) < 4.78 is 0. The highest BCUT2D eigenvalue weighted by Gasteiger charge is 2.52. The third-order valence-corrected chi connectivity index (χ3v) is 5.46. The molecule has 0 bridgehead atoms. The van der Waals surface area contributed by atoms with Gasteiger partial charge in [-0.2, -0.15) is 16.6 Å². The summed E-state index contributed by atoms with van der Waals surface area (Å²) in [5.41, 5.74) is 2.14. The van der Waals surface area contributed by atoms with Gasteiger partial charge in [0.15, 0.2) is 0 Å². The number of hydrogen-bond acceptors (Lipinski definition) is 3. The lowest BCUT2D eigenvalue weighted by Crippen LogP contribution is -2.42. The Morgan fingerprint density at radius 3 is 2.43 bits per heavy atom. The first-order valence-electron chi connectivity index (χ1n) is 7.30. The van der Waals surface area contributed by atoms with E-state index in [4.69, 9.17) is 0 Å². The second kappa shape index (κ2) is 5.29. The van der Waals surface area contributed by atoms with Gasteiger partial charge in [0.1, 0.15) is 5.54 Å². The van der Waals surface area contributed by atoms with Gasteiger partial charge in [0.05, 0.1) is 6.07 Å². The summed E-state index contributed by atoms with van der Waals surface area (Å²) in [6, 6.07) is 15.4. The molecule has 2 aromatic rings. The predicted molar refractivity (Wildman–Crippen MR) is 87.3 cm³/mol. The largest absolute Gasteiger partial charge is 0.288 e. The lowest BCUT2D eigenvalue weighted by atomic mass is 9.78. The molecule has 0 saturated heterocycles. The lowest BCUT2D eigenvalue weighted by Gasteiger charge is -2.36. The van der Waals surface area contributed by atoms with E-state index in [0.717, 1.165) is 12.0 Å². The van der Waals surface area contributed by atoms with Crippen molar-refractivity contribution >= 4 is 11.3 Å². The van der Waals surface area contributed by atoms with E-state index >= 15 is 0 Å². The Bertz CT molecular complexity index is 636. The van der Waals surface area contributed by atoms with Crippen LogP contribution in [0.25, 0.3) is 0 Å². The highest BCUT2D eigenvalue weighted by atomic mass is 32.1. The van der Waals surface area contributed by atoms with Crippen molar-refractivity contribution < 1.29 is 0 Å². The third-order valence-electron chi connectivity index (χ3n) is 4.78. The molecule has 21 heavy (non-hydrogen) atoms. The molecule has 0 aliphatic heterocycles. The maximum Gasteiger partial charge on any atom is 0.135 e. The van der Waals surface area contributed by atoms with Gasteiger partial charge in [-0.15, -0.1) is 0 Å². The van der Waals surface area contributed by atoms with Gasteiger partial charge in [0.2, 0.25) is 0 Å². The normalized spacial score (nSPS) is 19.0. The first kappa shape index (κ1) is 14.3. The lowest BCUT2D eigenvalue weighted by molar-refractivity contribution is 0.186. The number of hydrogen-bond donors (Lipinski definition) is 0. The average Bonchev–Trinajstić information content (AvgIpc) is 3.08. The Hall–Kier alpha value is -1.63. The molecule has 3 heteroatoms. The molecule has 1 saturated carbocycles. The van der Waals surface area contributed by atoms with Gasteiger partial charge < -0.3 is 0 Å². The maximum atomic E-state index is 9.97. The summed E-state index contributed by atoms with van der Waals surface area (Å²) in [4.78, 5) is 2.08. The van der Waals surface area contributed by atoms with Gasteiger partial charge in [0.25, 0.3) is 0 Å². The van der Waals surface area contributed by atoms with Crippen LogP contribution >= 0.6 is 11.3 Å². The van der Waals surface area contributed by atoms with Crippen LogP contribution in [0.5, 0.6) is 0 Å². The highest BCUT2D eigenvalue weighted by Crippen LogP contribution is 2.55. The Balaban J connectivity index is 1.99. The van der Waals surface area contributed by atoms with Crippen molar-refractivity contribution in [3.8, 4) is 6.07 Å². The fraction of sp³-hybridized carbons (Fsp3) is 0.389. The Morgan fingerprint density at radius 2 is 1.95 bits per heavy atom. The topological polar surface area (TPSA) is 27.0 Å². The van der Waals surface area contributed by atoms with E-state index in [9.17, 15) is 5.26 Å². The molecule has 1 fully saturated rings. The van der Waals surface area contributed by atoms with Crippen molar-refractivity contribution in [2.45, 2.75) is 30.2 Å². The van der Waals surface area contributed by atoms with Crippen LogP contribution in [0.2, 0.25) is 0 Å². The van der Waals surface area contributed by atoms with Crippen molar-refractivity contribution in [3.05, 3.63) is 58.3 Å². The fourth-order valence-electron chi connectivity index (χ4n) is 3.22. The predicted octanol–water partition coefficient (Wildman–Crippen LogP) is 4.15. The molecule has 2 nitrogen and oxygen atoms in total. The monoisotopic (exact) mass is 296 g/mol. The van der Waals surface area contributed by atoms with Crippen LogP contribution in [-0.4, -0.2) is 19.0 Å². The summed E-state index contributed by atoms with van der Waals surface area (Å²) >= 11 is 1.66. The van der Waals surface area contributed by atoms with Gasteiger partial charge in [-0.05, 0) is 66.7 Å². The molecule has 1 atom stereocenters. The summed E-state index contributed by atoms with van der Waals surface area (Å²) in [5, 5.41) is 14.1. The van der Waals surface area contributed by atoms with Crippen LogP contribution in [0.15, 0.2) is 47.2 Å². The molecule has 0 amide bonds. The van der Waals surface area contributed by atoms with E-state index in [2.05, 4.69) is 58.1 Å². The van der Waals surface area contributed by atoms with Crippen LogP contribution in [0.3, 0.4) is 0 Å². The molecule has 0 N–H and O–H groups in total. The Labute approximate surface area is 130 Å². The van der Waals surface area contributed by atoms with Crippen LogP contribution in [0.4, 0.5) is 0 Å². The van der Waals surface area contributed by atoms with Gasteiger partial charge >= 0.3 is 0 Å². The summed E-state index contributed by atoms with van der Waals surface area (Å²) in [7, 11) is 4.03. The number of benzene rings is 1. The summed E-state index contributed by atoms with van der Waals surface area (Å²) in [5.74, 6) is 0. The zero-order valence-electron chi connectivity index (χ0n) is 12.5. The zero-order valence-corrected chi connectivity index (χ0v) is 13.4. The zero-order chi connectivity index (χ0) is 14.9. The smallest absolute Gasteiger partial charge is 0.135 e. The van der Waals surface area contributed by atoms with E-state index in [1.54, 1.807) is 11.3 Å². The minimum Gasteiger partial charge on any atom is -0.288 e. The first-order chi connectivity index (χ1) is 10.1. The Kier molecular flexibility index (Phi) is 3.61. The molecule has 108 valence electrons. The van der Waals surface area contributed by atoms with Crippen LogP contribution in [0.1, 0.15) is 30.4 Å². The maximum absolute atomic E-state index is 9.97. The van der Waals surface area contributed by atoms with Gasteiger partial charge in [-0.3, -0.25) is 4.90 Å². The molecule has 1 aromatic carbocycles. The molecule has 1 heterocycles. The first-order valence-corrected chi connectivity index (χ1v) is 8.24. The minimum absolute atomic E-state index is 0.170. The van der Waals surface area contributed by atoms with Crippen molar-refractivity contribution in [2.75, 3.05) is 14.1 Å². The summed E-state index contributed by atoms with van der Waals surface area (Å²) in [6.45, 7) is 0. The summed E-state index contributed by atoms with van der Waals surface area (Å²) in [6.07, 6.45) is 3.22. The van der Waals surface area contributed by atoms with Crippen molar-refractivity contribution in [1.82, 2.24) is 4.90 Å². The molecule has 1 unspecified atom stereocenters. The van der Waals surface area contributed by atoms with Gasteiger partial charge in [-0.25, -0.2) is 0 Å². The van der Waals surface area contributed by atoms with E-state index in [-0.39, 0.29) is 5.41 Å². The molecule has 0 spiro atoms. The molecule has 0 radical (unpaired) electrons. The molecule has 3 rings (SSSR count). The van der Waals surface area contributed by atoms with E-state index in [1.807, 2.05) is 14.1 Å². The van der Waals surface area contributed by atoms with Crippen LogP contribution < -0.4 is 0 Å². The minimum atomic E-state index is -0.535. The quantitative estimate of drug-likeness (QED) is 0.828. The van der Waals surface area contributed by atoms with Crippen LogP contribution in [-0.2, 0) is 11.0 Å². The van der Waals surface area contributed by atoms with Crippen molar-refractivity contribution in [3.63, 3.8) is 0 Å². The second-order valence-corrected chi connectivity index (χ2v) is 6.98. The standard InChI is InChI=1S/C18H20N2S/c1-20(2)18(14-19,16-8-11-21-12-16)13-17(9-10-17)15-6-4-3-5-7-15/h3-8,11-12H,9-10,13H2,1-2H3. The highest BCUT2D eigenvalue weighted by molar-refractivity contribution is 7.08. The number of thiophene rings is 1. The number of rotatable bonds is 5. The molecule has 1 aromatic heterocycles. The average molecular weight is 296 g/mol. The molecular formula is C18H20N2S. The molecule has 1 aliphatic rings. The second-order valence-electron chi connectivity index (χ2n) is 6.20. The van der Waals surface area contributed by atoms with E-state index in [0.29, 0.717) is 0 Å². The molecular weight excluding hydrogens is 276 g/mol. The number of nitriles is 1. The SMILES string of the molecule is CN(C)C(C#N)(CC1(c2ccccc2)CC1)c1ccsc1. The van der Waals surface area contributed by atoms with Crippen molar-refractivity contribution in [1.29, 1.82) is 5.26 Å². The third kappa shape index (κ3) is 2.39. The van der Waals surface area contributed by atoms with E-state index < -0.39 is 5.54 Å². The van der Waals surface area contributed by atoms with E-state index in [1.165, 1.54) is 18.4 Å². The van der Waals surface area contributed by atoms with Crippen molar-refractivity contribution in [2.24, 2.45) is 0 Å². The van der Waals surface area contributed by atoms with Gasteiger partial charge in [-0.1, -0.05) is 30.3 Å². The number of nitrogens with zero attached hydrogens (tertiary/aromatic N) is 2.